The number of Topliss-reactive ketones (excluding diaryl/α,β-unsaturated/α-hetero) is 1. The maximum absolute atomic E-state index is 14.4. The highest BCUT2D eigenvalue weighted by Crippen LogP contribution is 2.48. The van der Waals surface area contributed by atoms with E-state index < -0.39 is 35.5 Å². The van der Waals surface area contributed by atoms with E-state index >= 15 is 0 Å². The fraction of sp³-hybridized carbons (Fsp3) is 0.324. The van der Waals surface area contributed by atoms with Crippen LogP contribution in [0.15, 0.2) is 93.7 Å². The molecule has 2 aromatic carbocycles. The molecule has 9 nitrogen and oxygen atoms in total. The van der Waals surface area contributed by atoms with Crippen LogP contribution in [-0.2, 0) is 30.5 Å². The lowest BCUT2D eigenvalue weighted by molar-refractivity contribution is -0.152. The van der Waals surface area contributed by atoms with Gasteiger partial charge in [0.25, 0.3) is 0 Å². The fourth-order valence-electron chi connectivity index (χ4n) is 5.77. The molecule has 0 saturated carbocycles. The fourth-order valence-corrected chi connectivity index (χ4v) is 5.77. The van der Waals surface area contributed by atoms with Gasteiger partial charge in [-0.3, -0.25) is 9.59 Å². The number of methoxy groups -OCH3 is 1. The number of dihydropyridines is 1. The molecule has 1 aliphatic heterocycles. The van der Waals surface area contributed by atoms with Crippen molar-refractivity contribution in [3.8, 4) is 11.5 Å². The lowest BCUT2D eigenvalue weighted by Crippen LogP contribution is -2.43. The molecule has 5 rings (SSSR count). The van der Waals surface area contributed by atoms with Crippen molar-refractivity contribution < 1.29 is 37.7 Å². The Morgan fingerprint density at radius 1 is 0.930 bits per heavy atom. The predicted molar refractivity (Wildman–Crippen MR) is 157 cm³/mol. The van der Waals surface area contributed by atoms with Crippen molar-refractivity contribution >= 4 is 17.7 Å². The molecule has 2 aliphatic rings. The van der Waals surface area contributed by atoms with Gasteiger partial charge in [-0.05, 0) is 69.2 Å². The van der Waals surface area contributed by atoms with Gasteiger partial charge in [0, 0.05) is 22.9 Å². The third-order valence-corrected chi connectivity index (χ3v) is 7.69. The molecule has 0 saturated heterocycles. The van der Waals surface area contributed by atoms with Crippen LogP contribution in [0, 0.1) is 5.92 Å². The summed E-state index contributed by atoms with van der Waals surface area (Å²) in [5.74, 6) is -1.77. The van der Waals surface area contributed by atoms with Crippen molar-refractivity contribution in [3.05, 3.63) is 106 Å². The first kappa shape index (κ1) is 29.7. The molecule has 2 heterocycles. The van der Waals surface area contributed by atoms with Crippen LogP contribution in [0.25, 0.3) is 0 Å². The second kappa shape index (κ2) is 13.0. The molecule has 0 fully saturated rings. The standard InChI is InChI=1S/C34H35NO8/c1-5-40-33(37)28-20(3)35-26-18-25(21-10-8-7-9-11-21)29(34(38)41-6-2)32(36)30(26)31(28)27-17-16-24(43-27)19-42-23-14-12-22(39-4)13-15-23/h7-17,25,29,31,35H,5-6,18-19H2,1-4H3/t25-,29+,31+/m0/s1. The van der Waals surface area contributed by atoms with Crippen LogP contribution < -0.4 is 14.8 Å². The molecule has 3 atom stereocenters. The number of carbonyl (C=O) groups excluding carboxylic acids is 3. The Kier molecular flexibility index (Phi) is 8.99. The summed E-state index contributed by atoms with van der Waals surface area (Å²) in [6, 6.07) is 20.1. The zero-order valence-corrected chi connectivity index (χ0v) is 24.7. The Balaban J connectivity index is 1.54. The maximum atomic E-state index is 14.4. The Labute approximate surface area is 250 Å². The number of ketones is 1. The van der Waals surface area contributed by atoms with Gasteiger partial charge in [-0.25, -0.2) is 4.79 Å². The number of ether oxygens (including phenoxy) is 4. The molecular weight excluding hydrogens is 550 g/mol. The highest BCUT2D eigenvalue weighted by atomic mass is 16.5. The third kappa shape index (κ3) is 6.07. The van der Waals surface area contributed by atoms with Gasteiger partial charge in [0.2, 0.25) is 0 Å². The van der Waals surface area contributed by atoms with Gasteiger partial charge in [-0.15, -0.1) is 0 Å². The molecule has 0 bridgehead atoms. The SMILES string of the molecule is CCOC(=O)C1=C(C)NC2=C(C(=O)[C@H](C(=O)OCC)[C@H](c3ccccc3)C2)[C@@H]1c1ccc(COc2ccc(OC)cc2)o1. The summed E-state index contributed by atoms with van der Waals surface area (Å²) < 4.78 is 28.1. The summed E-state index contributed by atoms with van der Waals surface area (Å²) in [5.41, 5.74) is 2.61. The number of hydrogen-bond acceptors (Lipinski definition) is 9. The molecule has 1 N–H and O–H groups in total. The van der Waals surface area contributed by atoms with Gasteiger partial charge < -0.3 is 28.7 Å². The van der Waals surface area contributed by atoms with E-state index in [1.165, 1.54) is 0 Å². The highest BCUT2D eigenvalue weighted by molar-refractivity contribution is 6.13. The number of carbonyl (C=O) groups is 3. The molecule has 3 aromatic rings. The summed E-state index contributed by atoms with van der Waals surface area (Å²) in [5, 5.41) is 3.30. The Morgan fingerprint density at radius 2 is 1.63 bits per heavy atom. The van der Waals surface area contributed by atoms with Crippen molar-refractivity contribution in [1.29, 1.82) is 0 Å². The molecule has 0 radical (unpaired) electrons. The number of rotatable bonds is 10. The topological polar surface area (TPSA) is 113 Å². The molecular formula is C34H35NO8. The minimum atomic E-state index is -1.08. The van der Waals surface area contributed by atoms with E-state index in [-0.39, 0.29) is 25.4 Å². The van der Waals surface area contributed by atoms with E-state index in [0.29, 0.717) is 46.4 Å². The van der Waals surface area contributed by atoms with Crippen LogP contribution in [0.5, 0.6) is 11.5 Å². The average Bonchev–Trinajstić information content (AvgIpc) is 3.49. The number of furan rings is 1. The minimum Gasteiger partial charge on any atom is -0.497 e. The summed E-state index contributed by atoms with van der Waals surface area (Å²) in [7, 11) is 1.59. The minimum absolute atomic E-state index is 0.121. The van der Waals surface area contributed by atoms with E-state index in [4.69, 9.17) is 23.4 Å². The van der Waals surface area contributed by atoms with Gasteiger partial charge in [0.1, 0.15) is 35.5 Å². The summed E-state index contributed by atoms with van der Waals surface area (Å²) >= 11 is 0. The largest absolute Gasteiger partial charge is 0.497 e. The smallest absolute Gasteiger partial charge is 0.336 e. The third-order valence-electron chi connectivity index (χ3n) is 7.69. The second-order valence-electron chi connectivity index (χ2n) is 10.3. The Bertz CT molecular complexity index is 1550. The lowest BCUT2D eigenvalue weighted by atomic mass is 9.68. The second-order valence-corrected chi connectivity index (χ2v) is 10.3. The van der Waals surface area contributed by atoms with E-state index in [1.54, 1.807) is 64.3 Å². The molecule has 1 aromatic heterocycles. The van der Waals surface area contributed by atoms with Crippen molar-refractivity contribution in [2.45, 2.75) is 45.6 Å². The summed E-state index contributed by atoms with van der Waals surface area (Å²) in [6.07, 6.45) is 0.368. The molecule has 1 aliphatic carbocycles. The molecule has 0 amide bonds. The van der Waals surface area contributed by atoms with Gasteiger partial charge in [-0.1, -0.05) is 30.3 Å². The zero-order valence-electron chi connectivity index (χ0n) is 24.7. The summed E-state index contributed by atoms with van der Waals surface area (Å²) in [4.78, 5) is 41.0. The quantitative estimate of drug-likeness (QED) is 0.241. The van der Waals surface area contributed by atoms with Crippen molar-refractivity contribution in [1.82, 2.24) is 5.32 Å². The number of nitrogens with one attached hydrogen (secondary N) is 1. The van der Waals surface area contributed by atoms with Crippen LogP contribution >= 0.6 is 0 Å². The van der Waals surface area contributed by atoms with Crippen LogP contribution in [-0.4, -0.2) is 38.0 Å². The molecule has 224 valence electrons. The first-order valence-electron chi connectivity index (χ1n) is 14.3. The van der Waals surface area contributed by atoms with Crippen LogP contribution in [0.3, 0.4) is 0 Å². The maximum Gasteiger partial charge on any atom is 0.336 e. The van der Waals surface area contributed by atoms with E-state index in [0.717, 1.165) is 5.56 Å². The molecule has 0 unspecified atom stereocenters. The first-order chi connectivity index (χ1) is 20.9. The normalized spacial score (nSPS) is 19.8. The molecule has 9 heteroatoms. The van der Waals surface area contributed by atoms with E-state index in [1.807, 2.05) is 30.3 Å². The van der Waals surface area contributed by atoms with Crippen LogP contribution in [0.2, 0.25) is 0 Å². The average molecular weight is 586 g/mol. The lowest BCUT2D eigenvalue weighted by Gasteiger charge is -2.38. The highest BCUT2D eigenvalue weighted by Gasteiger charge is 2.49. The predicted octanol–water partition coefficient (Wildman–Crippen LogP) is 5.58. The van der Waals surface area contributed by atoms with Crippen LogP contribution in [0.4, 0.5) is 0 Å². The van der Waals surface area contributed by atoms with Crippen molar-refractivity contribution in [2.24, 2.45) is 5.92 Å². The van der Waals surface area contributed by atoms with Gasteiger partial charge in [0.15, 0.2) is 5.78 Å². The summed E-state index contributed by atoms with van der Waals surface area (Å²) in [6.45, 7) is 5.62. The number of benzene rings is 2. The Hall–Kier alpha value is -4.79. The number of hydrogen-bond donors (Lipinski definition) is 1. The van der Waals surface area contributed by atoms with Gasteiger partial charge in [0.05, 0.1) is 31.8 Å². The van der Waals surface area contributed by atoms with E-state index in [9.17, 15) is 14.4 Å². The molecule has 43 heavy (non-hydrogen) atoms. The van der Waals surface area contributed by atoms with E-state index in [2.05, 4.69) is 5.32 Å². The number of esters is 2. The zero-order chi connectivity index (χ0) is 30.5. The van der Waals surface area contributed by atoms with Crippen molar-refractivity contribution in [2.75, 3.05) is 20.3 Å². The van der Waals surface area contributed by atoms with Crippen LogP contribution in [0.1, 0.15) is 56.1 Å². The first-order valence-corrected chi connectivity index (χ1v) is 14.3. The van der Waals surface area contributed by atoms with Crippen molar-refractivity contribution in [3.63, 3.8) is 0 Å². The van der Waals surface area contributed by atoms with Gasteiger partial charge >= 0.3 is 11.9 Å². The molecule has 0 spiro atoms. The monoisotopic (exact) mass is 585 g/mol. The Morgan fingerprint density at radius 3 is 2.30 bits per heavy atom. The number of allylic oxidation sites excluding steroid dienone is 3. The van der Waals surface area contributed by atoms with Gasteiger partial charge in [-0.2, -0.15) is 0 Å².